The maximum atomic E-state index is 5.90. The van der Waals surface area contributed by atoms with Gasteiger partial charge in [-0.25, -0.2) is 9.97 Å². The third-order valence-corrected chi connectivity index (χ3v) is 3.70. The highest BCUT2D eigenvalue weighted by atomic mass is 35.5. The molecule has 0 saturated heterocycles. The van der Waals surface area contributed by atoms with Crippen molar-refractivity contribution in [2.75, 3.05) is 0 Å². The molecule has 2 rings (SSSR count). The van der Waals surface area contributed by atoms with E-state index < -0.39 is 0 Å². The molecule has 2 aromatic rings. The molecular weight excluding hydrogens is 241 g/mol. The maximum absolute atomic E-state index is 5.90. The monoisotopic (exact) mass is 247 g/mol. The van der Waals surface area contributed by atoms with Gasteiger partial charge in [-0.3, -0.25) is 4.57 Å². The second-order valence-electron chi connectivity index (χ2n) is 2.69. The van der Waals surface area contributed by atoms with Crippen LogP contribution >= 0.6 is 34.5 Å². The van der Waals surface area contributed by atoms with Crippen LogP contribution in [0.2, 0.25) is 5.15 Å². The zero-order valence-electron chi connectivity index (χ0n) is 7.37. The van der Waals surface area contributed by atoms with E-state index in [1.165, 1.54) is 11.3 Å². The molecule has 0 aliphatic rings. The van der Waals surface area contributed by atoms with Crippen LogP contribution in [-0.2, 0) is 5.88 Å². The third kappa shape index (κ3) is 1.65. The molecule has 0 aliphatic heterocycles. The van der Waals surface area contributed by atoms with Crippen molar-refractivity contribution in [1.29, 1.82) is 0 Å². The second kappa shape index (κ2) is 3.88. The highest BCUT2D eigenvalue weighted by molar-refractivity contribution is 7.14. The van der Waals surface area contributed by atoms with Crippen LogP contribution in [0, 0.1) is 6.92 Å². The van der Waals surface area contributed by atoms with Crippen LogP contribution in [0.3, 0.4) is 0 Å². The van der Waals surface area contributed by atoms with Gasteiger partial charge in [0.15, 0.2) is 5.13 Å². The van der Waals surface area contributed by atoms with Crippen LogP contribution in [0.15, 0.2) is 12.4 Å². The van der Waals surface area contributed by atoms with Gasteiger partial charge < -0.3 is 0 Å². The van der Waals surface area contributed by atoms with Gasteiger partial charge in [-0.2, -0.15) is 0 Å². The summed E-state index contributed by atoms with van der Waals surface area (Å²) in [7, 11) is 0. The molecule has 0 fully saturated rings. The smallest absolute Gasteiger partial charge is 0.196 e. The lowest BCUT2D eigenvalue weighted by Gasteiger charge is -1.96. The zero-order valence-corrected chi connectivity index (χ0v) is 9.70. The van der Waals surface area contributed by atoms with E-state index in [9.17, 15) is 0 Å². The van der Waals surface area contributed by atoms with E-state index in [4.69, 9.17) is 23.2 Å². The van der Waals surface area contributed by atoms with Gasteiger partial charge in [-0.05, 0) is 6.92 Å². The van der Waals surface area contributed by atoms with Crippen molar-refractivity contribution >= 4 is 34.5 Å². The normalized spacial score (nSPS) is 10.8. The highest BCUT2D eigenvalue weighted by Gasteiger charge is 2.10. The summed E-state index contributed by atoms with van der Waals surface area (Å²) in [5, 5.41) is 1.29. The van der Waals surface area contributed by atoms with E-state index in [1.807, 2.05) is 17.7 Å². The van der Waals surface area contributed by atoms with E-state index >= 15 is 0 Å². The van der Waals surface area contributed by atoms with Gasteiger partial charge >= 0.3 is 0 Å². The Morgan fingerprint density at radius 1 is 1.57 bits per heavy atom. The van der Waals surface area contributed by atoms with Gasteiger partial charge in [0.25, 0.3) is 0 Å². The average molecular weight is 248 g/mol. The minimum atomic E-state index is 0.393. The van der Waals surface area contributed by atoms with Crippen molar-refractivity contribution in [3.63, 3.8) is 0 Å². The summed E-state index contributed by atoms with van der Waals surface area (Å²) in [6, 6.07) is 0. The number of rotatable bonds is 2. The maximum Gasteiger partial charge on any atom is 0.196 e. The van der Waals surface area contributed by atoms with Crippen molar-refractivity contribution in [3.8, 4) is 5.13 Å². The Morgan fingerprint density at radius 3 is 2.86 bits per heavy atom. The van der Waals surface area contributed by atoms with Gasteiger partial charge in [-0.1, -0.05) is 22.9 Å². The first-order valence-corrected chi connectivity index (χ1v) is 5.66. The summed E-state index contributed by atoms with van der Waals surface area (Å²) in [5.41, 5.74) is 0. The first-order chi connectivity index (χ1) is 6.72. The molecule has 74 valence electrons. The lowest BCUT2D eigenvalue weighted by Crippen LogP contribution is -1.93. The van der Waals surface area contributed by atoms with Crippen molar-refractivity contribution in [2.45, 2.75) is 12.8 Å². The molecule has 0 radical (unpaired) electrons. The Morgan fingerprint density at radius 2 is 2.36 bits per heavy atom. The molecule has 0 N–H and O–H groups in total. The minimum absolute atomic E-state index is 0.393. The number of halogens is 2. The topological polar surface area (TPSA) is 30.7 Å². The summed E-state index contributed by atoms with van der Waals surface area (Å²) in [6.07, 6.45) is 3.58. The fourth-order valence-electron chi connectivity index (χ4n) is 1.09. The predicted molar refractivity (Wildman–Crippen MR) is 58.5 cm³/mol. The molecule has 0 aliphatic carbocycles. The molecule has 0 aromatic carbocycles. The Balaban J connectivity index is 2.47. The summed E-state index contributed by atoms with van der Waals surface area (Å²) in [5.74, 6) is 1.28. The second-order valence-corrected chi connectivity index (χ2v) is 4.38. The number of aryl methyl sites for hydroxylation is 1. The highest BCUT2D eigenvalue weighted by Crippen LogP contribution is 2.27. The SMILES string of the molecule is Cc1nccn1-c1nc(Cl)c(CCl)s1. The third-order valence-electron chi connectivity index (χ3n) is 1.79. The van der Waals surface area contributed by atoms with Crippen LogP contribution in [0.5, 0.6) is 0 Å². The van der Waals surface area contributed by atoms with Crippen molar-refractivity contribution in [1.82, 2.24) is 14.5 Å². The first kappa shape index (κ1) is 9.96. The quantitative estimate of drug-likeness (QED) is 0.765. The molecule has 0 spiro atoms. The number of alkyl halides is 1. The molecular formula is C8H7Cl2N3S. The fraction of sp³-hybridized carbons (Fsp3) is 0.250. The number of imidazole rings is 1. The molecule has 0 amide bonds. The number of hydrogen-bond acceptors (Lipinski definition) is 3. The molecule has 2 heterocycles. The van der Waals surface area contributed by atoms with Gasteiger partial charge in [-0.15, -0.1) is 11.6 Å². The first-order valence-electron chi connectivity index (χ1n) is 3.94. The summed E-state index contributed by atoms with van der Waals surface area (Å²) in [6.45, 7) is 1.91. The van der Waals surface area contributed by atoms with Gasteiger partial charge in [0.1, 0.15) is 11.0 Å². The summed E-state index contributed by atoms with van der Waals surface area (Å²) in [4.78, 5) is 9.20. The summed E-state index contributed by atoms with van der Waals surface area (Å²) >= 11 is 13.1. The van der Waals surface area contributed by atoms with Gasteiger partial charge in [0.2, 0.25) is 0 Å². The minimum Gasteiger partial charge on any atom is -0.279 e. The molecule has 0 bridgehead atoms. The number of thiazole rings is 1. The standard InChI is InChI=1S/C8H7Cl2N3S/c1-5-11-2-3-13(5)8-12-7(10)6(4-9)14-8/h2-3H,4H2,1H3. The molecule has 3 nitrogen and oxygen atoms in total. The van der Waals surface area contributed by atoms with Crippen LogP contribution < -0.4 is 0 Å². The molecule has 14 heavy (non-hydrogen) atoms. The number of aromatic nitrogens is 3. The molecule has 0 saturated carbocycles. The molecule has 0 unspecified atom stereocenters. The van der Waals surface area contributed by atoms with Gasteiger partial charge in [0, 0.05) is 12.4 Å². The van der Waals surface area contributed by atoms with E-state index in [1.54, 1.807) is 6.20 Å². The molecule has 6 heteroatoms. The van der Waals surface area contributed by atoms with Crippen LogP contribution in [0.4, 0.5) is 0 Å². The largest absolute Gasteiger partial charge is 0.279 e. The lowest BCUT2D eigenvalue weighted by molar-refractivity contribution is 0.960. The van der Waals surface area contributed by atoms with Crippen LogP contribution in [0.1, 0.15) is 10.7 Å². The van der Waals surface area contributed by atoms with Crippen molar-refractivity contribution < 1.29 is 0 Å². The van der Waals surface area contributed by atoms with Gasteiger partial charge in [0.05, 0.1) is 10.8 Å². The zero-order chi connectivity index (χ0) is 10.1. The Bertz CT molecular complexity index is 449. The lowest BCUT2D eigenvalue weighted by atomic mass is 10.6. The number of nitrogens with zero attached hydrogens (tertiary/aromatic N) is 3. The van der Waals surface area contributed by atoms with Crippen LogP contribution in [-0.4, -0.2) is 14.5 Å². The average Bonchev–Trinajstić information content (AvgIpc) is 2.71. The van der Waals surface area contributed by atoms with Crippen molar-refractivity contribution in [3.05, 3.63) is 28.2 Å². The van der Waals surface area contributed by atoms with E-state index in [-0.39, 0.29) is 0 Å². The Labute approximate surface area is 95.3 Å². The van der Waals surface area contributed by atoms with Crippen molar-refractivity contribution in [2.24, 2.45) is 0 Å². The van der Waals surface area contributed by atoms with E-state index in [0.29, 0.717) is 11.0 Å². The van der Waals surface area contributed by atoms with Crippen LogP contribution in [0.25, 0.3) is 5.13 Å². The molecule has 0 atom stereocenters. The van der Waals surface area contributed by atoms with E-state index in [2.05, 4.69) is 9.97 Å². The fourth-order valence-corrected chi connectivity index (χ4v) is 2.59. The Hall–Kier alpha value is -0.580. The molecule has 2 aromatic heterocycles. The Kier molecular flexibility index (Phi) is 2.76. The predicted octanol–water partition coefficient (Wildman–Crippen LogP) is 3.03. The summed E-state index contributed by atoms with van der Waals surface area (Å²) < 4.78 is 1.88. The number of hydrogen-bond donors (Lipinski definition) is 0. The van der Waals surface area contributed by atoms with E-state index in [0.717, 1.165) is 15.8 Å².